The topological polar surface area (TPSA) is 167 Å². The van der Waals surface area contributed by atoms with Crippen molar-refractivity contribution in [3.63, 3.8) is 0 Å². The van der Waals surface area contributed by atoms with Crippen molar-refractivity contribution in [2.45, 2.75) is 149 Å². The Hall–Kier alpha value is -9.86. The molecule has 0 radical (unpaired) electrons. The van der Waals surface area contributed by atoms with Crippen molar-refractivity contribution < 1.29 is 56.8 Å². The van der Waals surface area contributed by atoms with Gasteiger partial charge in [0.1, 0.15) is 12.1 Å². The number of methoxy groups -OCH3 is 1. The minimum atomic E-state index is -2.46. The van der Waals surface area contributed by atoms with E-state index < -0.39 is 31.8 Å². The maximum absolute atomic E-state index is 12.9. The molecular formula is C102H131N2O12PSi3. The summed E-state index contributed by atoms with van der Waals surface area (Å²) >= 11 is 0. The van der Waals surface area contributed by atoms with Crippen LogP contribution in [0.2, 0.25) is 15.1 Å². The fourth-order valence-electron chi connectivity index (χ4n) is 14.2. The van der Waals surface area contributed by atoms with Gasteiger partial charge in [0.15, 0.2) is 0 Å². The van der Waals surface area contributed by atoms with Gasteiger partial charge in [-0.15, -0.1) is 0 Å². The monoisotopic (exact) mass is 1690 g/mol. The predicted molar refractivity (Wildman–Crippen MR) is 509 cm³/mol. The van der Waals surface area contributed by atoms with Crippen LogP contribution in [0.25, 0.3) is 0 Å². The maximum Gasteiger partial charge on any atom is 0.309 e. The van der Waals surface area contributed by atoms with E-state index in [0.29, 0.717) is 39.1 Å². The van der Waals surface area contributed by atoms with Crippen molar-refractivity contribution in [3.8, 4) is 0 Å². The van der Waals surface area contributed by atoms with E-state index in [9.17, 15) is 24.0 Å². The number of aliphatic hydroxyl groups is 1. The Morgan fingerprint density at radius 3 is 0.875 bits per heavy atom. The number of Topliss-reactive ketones (excluding diaryl/α,β-unsaturated/α-hetero) is 1. The molecule has 0 heterocycles. The molecule has 0 saturated heterocycles. The van der Waals surface area contributed by atoms with Crippen LogP contribution in [-0.4, -0.2) is 138 Å². The van der Waals surface area contributed by atoms with E-state index in [1.165, 1.54) is 69.5 Å². The number of ketones is 1. The second-order valence-corrected chi connectivity index (χ2v) is 47.8. The molecule has 638 valence electrons. The summed E-state index contributed by atoms with van der Waals surface area (Å²) < 4.78 is 24.8. The molecule has 9 aromatic carbocycles. The molecule has 0 aliphatic carbocycles. The van der Waals surface area contributed by atoms with Crippen LogP contribution in [-0.2, 0) is 51.7 Å². The smallest absolute Gasteiger partial charge is 0.309 e. The first-order valence-electron chi connectivity index (χ1n) is 41.4. The number of amides is 2. The van der Waals surface area contributed by atoms with Crippen molar-refractivity contribution in [3.05, 3.63) is 334 Å². The molecule has 0 aliphatic heterocycles. The van der Waals surface area contributed by atoms with E-state index in [4.69, 9.17) is 28.1 Å². The second kappa shape index (κ2) is 53.7. The summed E-state index contributed by atoms with van der Waals surface area (Å²) in [5.74, 6) is 1.33. The quantitative estimate of drug-likeness (QED) is 0.00573. The molecule has 9 rings (SSSR count). The highest BCUT2D eigenvalue weighted by Crippen LogP contribution is 2.44. The molecule has 18 heteroatoms. The van der Waals surface area contributed by atoms with Gasteiger partial charge in [0.2, 0.25) is 0 Å². The molecule has 2 amide bonds. The molecule has 0 aliphatic rings. The molecule has 14 nitrogen and oxygen atoms in total. The number of hydroxylamine groups is 4. The van der Waals surface area contributed by atoms with Crippen LogP contribution in [0.15, 0.2) is 334 Å². The number of allylic oxidation sites excluding steroid dienone is 4. The average Bonchev–Trinajstić information content (AvgIpc) is 0.764. The van der Waals surface area contributed by atoms with E-state index in [1.807, 2.05) is 72.5 Å². The van der Waals surface area contributed by atoms with Gasteiger partial charge in [-0.25, -0.2) is 10.1 Å². The van der Waals surface area contributed by atoms with Gasteiger partial charge in [-0.05, 0) is 121 Å². The highest BCUT2D eigenvalue weighted by molar-refractivity contribution is 7.95. The lowest BCUT2D eigenvalue weighted by atomic mass is 10.2. The first kappa shape index (κ1) is 101. The minimum absolute atomic E-state index is 0.00782. The SMILES string of the molecule is CC(C)(C)[Si](OCC/C=C/CCC=O)(c1ccccc1)c1ccccc1.CC(C)(C)[Si](OCC/C=C/CCO)(c1ccccc1)c1ccccc1.COC(=O)C/C=C/CC(C)=O.CON(C)C(=O)/C=C/CC/C=C/CCO[Si](c1ccccc1)(c1ccccc1)C(C)(C)C.CON(C)C(=O)C=P(c1ccccc1)(c1ccccc1)c1ccccc1. The Labute approximate surface area is 721 Å². The molecule has 0 saturated carbocycles. The van der Waals surface area contributed by atoms with E-state index in [0.717, 1.165) is 60.7 Å². The summed E-state index contributed by atoms with van der Waals surface area (Å²) in [6, 6.07) is 95.0. The van der Waals surface area contributed by atoms with Crippen LogP contribution >= 0.6 is 6.89 Å². The van der Waals surface area contributed by atoms with Crippen LogP contribution in [0.5, 0.6) is 0 Å². The molecule has 1 N–H and O–H groups in total. The van der Waals surface area contributed by atoms with Gasteiger partial charge < -0.3 is 27.9 Å². The van der Waals surface area contributed by atoms with E-state index in [1.54, 1.807) is 32.3 Å². The number of aliphatic hydroxyl groups excluding tert-OH is 1. The maximum atomic E-state index is 12.9. The number of ether oxygens (including phenoxy) is 1. The Balaban J connectivity index is 0.000000274. The first-order chi connectivity index (χ1) is 57.7. The average molecular weight is 1690 g/mol. The lowest BCUT2D eigenvalue weighted by molar-refractivity contribution is -0.162. The van der Waals surface area contributed by atoms with Crippen molar-refractivity contribution >= 4 is 115 Å². The number of benzene rings is 9. The molecule has 0 aromatic heterocycles. The standard InChI is InChI=1S/C27H37NO3Si.C23H30O2Si.C22H22NO2P.C22H30O2Si.C8H12O3/c1-27(2,3)32(24-18-12-10-13-19-24,25-20-14-11-15-21-25)31-23-17-9-7-6-8-16-22-26(29)28(4)30-5;1-23(2,3)26(21-15-9-7-10-16-21,22-17-11-8-12-18-22)25-20-14-6-4-5-13-19-24;1-23(25-2)22(24)18-26(19-12-6-3-7-13-19,20-14-8-4-9-15-20)21-16-10-5-11-17-21;1-22(2,3)25(20-14-8-6-9-15-20,21-16-10-7-11-17-21)24-19-13-5-4-12-18-23;1-7(9)5-3-4-6-8(10)11-2/h7,9-16,18-22H,6,8,17,23H2,1-5H3;4,6-12,15-19H,5,13-14,20H2,1-3H3;3-18H,1-2H3;4-11,14-17,23H,12-13,18-19H2,1-3H3;3-4H,5-6H2,1-2H3/b9-7+,22-16+;6-4+;;5-4+;4-3+. The van der Waals surface area contributed by atoms with Crippen LogP contribution < -0.4 is 47.0 Å². The highest BCUT2D eigenvalue weighted by Gasteiger charge is 2.52. The third-order valence-corrected chi connectivity index (χ3v) is 39.2. The zero-order valence-corrected chi connectivity index (χ0v) is 77.5. The van der Waals surface area contributed by atoms with Gasteiger partial charge in [-0.2, -0.15) is 0 Å². The first-order valence-corrected chi connectivity index (χ1v) is 49.0. The normalized spacial score (nSPS) is 12.0. The molecule has 0 spiro atoms. The van der Waals surface area contributed by atoms with Crippen LogP contribution in [0.4, 0.5) is 0 Å². The summed E-state index contributed by atoms with van der Waals surface area (Å²) in [7, 11) is 0.266. The summed E-state index contributed by atoms with van der Waals surface area (Å²) in [4.78, 5) is 65.8. The molecule has 0 bridgehead atoms. The zero-order chi connectivity index (χ0) is 87.6. The van der Waals surface area contributed by atoms with Crippen LogP contribution in [0.3, 0.4) is 0 Å². The molecule has 0 atom stereocenters. The lowest BCUT2D eigenvalue weighted by Gasteiger charge is -2.43. The summed E-state index contributed by atoms with van der Waals surface area (Å²) in [5.41, 5.74) is 0. The number of unbranched alkanes of at least 4 members (excludes halogenated alkanes) is 2. The number of carbonyl (C=O) groups is 5. The van der Waals surface area contributed by atoms with E-state index in [2.05, 4.69) is 316 Å². The number of nitrogens with zero attached hydrogens (tertiary/aromatic N) is 2. The van der Waals surface area contributed by atoms with Crippen LogP contribution in [0, 0.1) is 0 Å². The molecular weight excluding hydrogens is 1560 g/mol. The fraction of sp³-hybridized carbons (Fsp3) is 0.314. The highest BCUT2D eigenvalue weighted by atomic mass is 31.2. The predicted octanol–water partition coefficient (Wildman–Crippen LogP) is 17.1. The molecule has 0 unspecified atom stereocenters. The van der Waals surface area contributed by atoms with Gasteiger partial charge >= 0.3 is 5.97 Å². The largest absolute Gasteiger partial charge is 0.469 e. The second-order valence-electron chi connectivity index (χ2n) is 31.6. The number of likely N-dealkylation sites (N-methyl/N-ethyl adjacent to an activating group) is 1. The van der Waals surface area contributed by atoms with Crippen molar-refractivity contribution in [2.24, 2.45) is 0 Å². The van der Waals surface area contributed by atoms with Crippen molar-refractivity contribution in [2.75, 3.05) is 61.9 Å². The Morgan fingerprint density at radius 1 is 0.350 bits per heavy atom. The van der Waals surface area contributed by atoms with Gasteiger partial charge in [0.25, 0.3) is 36.8 Å². The molecule has 120 heavy (non-hydrogen) atoms. The lowest BCUT2D eigenvalue weighted by Crippen LogP contribution is -2.66. The number of aldehydes is 1. The third-order valence-electron chi connectivity index (χ3n) is 20.1. The Kier molecular flexibility index (Phi) is 45.1. The van der Waals surface area contributed by atoms with Crippen molar-refractivity contribution in [1.29, 1.82) is 0 Å². The third kappa shape index (κ3) is 30.7. The van der Waals surface area contributed by atoms with E-state index >= 15 is 0 Å². The van der Waals surface area contributed by atoms with Gasteiger partial charge in [0, 0.05) is 65.2 Å². The van der Waals surface area contributed by atoms with Gasteiger partial charge in [0.05, 0.1) is 27.8 Å². The summed E-state index contributed by atoms with van der Waals surface area (Å²) in [5, 5.41) is 22.6. The van der Waals surface area contributed by atoms with Crippen LogP contribution in [0.1, 0.15) is 133 Å². The number of hydrogen-bond acceptors (Lipinski definition) is 12. The number of esters is 1. The van der Waals surface area contributed by atoms with Crippen molar-refractivity contribution in [1.82, 2.24) is 10.1 Å². The zero-order valence-electron chi connectivity index (χ0n) is 73.6. The van der Waals surface area contributed by atoms with E-state index in [-0.39, 0.29) is 51.7 Å². The van der Waals surface area contributed by atoms with Gasteiger partial charge in [-0.3, -0.25) is 28.9 Å². The molecule has 9 aromatic rings. The van der Waals surface area contributed by atoms with Gasteiger partial charge in [-0.1, -0.05) is 390 Å². The number of rotatable bonds is 37. The fourth-order valence-corrected chi connectivity index (χ4v) is 31.7. The Morgan fingerprint density at radius 2 is 0.608 bits per heavy atom. The number of carbonyl (C=O) groups excluding carboxylic acids is 5. The number of hydrogen-bond donors (Lipinski definition) is 1. The summed E-state index contributed by atoms with van der Waals surface area (Å²) in [6.07, 6.45) is 27.4. The summed E-state index contributed by atoms with van der Waals surface area (Å²) in [6.45, 7) is 22.1. The molecule has 0 fully saturated rings. The Bertz CT molecular complexity index is 4370. The minimum Gasteiger partial charge on any atom is -0.469 e.